The monoisotopic (exact) mass is 439 g/mol. The molecule has 0 unspecified atom stereocenters. The number of aryl methyl sites for hydroxylation is 1. The standard InChI is InChI=1S/C28H22ClNO2/c1-19-28(27(31)18-12-20-7-13-22(29)14-8-20)25(24-5-3-4-6-26(24)30-19)17-11-21-9-15-23(32-2)16-10-21/h3-18H,1-2H3/b17-11+,18-12+. The third-order valence-corrected chi connectivity index (χ3v) is 5.47. The van der Waals surface area contributed by atoms with Gasteiger partial charge in [-0.2, -0.15) is 0 Å². The number of aromatic nitrogens is 1. The molecule has 0 atom stereocenters. The van der Waals surface area contributed by atoms with Crippen molar-refractivity contribution >= 4 is 46.5 Å². The summed E-state index contributed by atoms with van der Waals surface area (Å²) in [7, 11) is 1.65. The molecule has 0 amide bonds. The fourth-order valence-electron chi connectivity index (χ4n) is 3.57. The average molecular weight is 440 g/mol. The zero-order chi connectivity index (χ0) is 22.5. The molecule has 32 heavy (non-hydrogen) atoms. The number of benzene rings is 3. The van der Waals surface area contributed by atoms with Crippen LogP contribution in [0.3, 0.4) is 0 Å². The van der Waals surface area contributed by atoms with Crippen molar-refractivity contribution in [1.29, 1.82) is 0 Å². The predicted molar refractivity (Wildman–Crippen MR) is 133 cm³/mol. The van der Waals surface area contributed by atoms with Crippen LogP contribution in [0, 0.1) is 6.92 Å². The van der Waals surface area contributed by atoms with Crippen LogP contribution in [-0.2, 0) is 0 Å². The van der Waals surface area contributed by atoms with Crippen LogP contribution in [0.2, 0.25) is 5.02 Å². The number of allylic oxidation sites excluding steroid dienone is 1. The fourth-order valence-corrected chi connectivity index (χ4v) is 3.70. The molecule has 0 radical (unpaired) electrons. The molecule has 0 spiro atoms. The second-order valence-electron chi connectivity index (χ2n) is 7.36. The van der Waals surface area contributed by atoms with Crippen LogP contribution in [0.25, 0.3) is 29.1 Å². The van der Waals surface area contributed by atoms with Gasteiger partial charge in [0.25, 0.3) is 0 Å². The molecule has 4 rings (SSSR count). The molecule has 0 aliphatic carbocycles. The van der Waals surface area contributed by atoms with Crippen molar-refractivity contribution in [1.82, 2.24) is 4.98 Å². The zero-order valence-electron chi connectivity index (χ0n) is 17.9. The number of carbonyl (C=O) groups is 1. The number of ether oxygens (including phenoxy) is 1. The van der Waals surface area contributed by atoms with E-state index < -0.39 is 0 Å². The minimum atomic E-state index is -0.0925. The Morgan fingerprint density at radius 2 is 1.53 bits per heavy atom. The third-order valence-electron chi connectivity index (χ3n) is 5.22. The van der Waals surface area contributed by atoms with E-state index in [-0.39, 0.29) is 5.78 Å². The molecule has 158 valence electrons. The molecular weight excluding hydrogens is 418 g/mol. The van der Waals surface area contributed by atoms with Crippen molar-refractivity contribution in [2.45, 2.75) is 6.92 Å². The molecule has 3 nitrogen and oxygen atoms in total. The normalized spacial score (nSPS) is 11.5. The van der Waals surface area contributed by atoms with E-state index in [1.54, 1.807) is 31.4 Å². The lowest BCUT2D eigenvalue weighted by Crippen LogP contribution is -2.05. The number of nitrogens with zero attached hydrogens (tertiary/aromatic N) is 1. The van der Waals surface area contributed by atoms with Gasteiger partial charge in [-0.25, -0.2) is 0 Å². The van der Waals surface area contributed by atoms with Gasteiger partial charge in [-0.1, -0.05) is 72.3 Å². The summed E-state index contributed by atoms with van der Waals surface area (Å²) < 4.78 is 5.23. The Balaban J connectivity index is 1.77. The number of halogens is 1. The summed E-state index contributed by atoms with van der Waals surface area (Å²) in [4.78, 5) is 17.9. The molecule has 0 saturated heterocycles. The molecule has 1 heterocycles. The molecule has 0 fully saturated rings. The summed E-state index contributed by atoms with van der Waals surface area (Å²) in [6.45, 7) is 1.88. The highest BCUT2D eigenvalue weighted by Gasteiger charge is 2.15. The van der Waals surface area contributed by atoms with E-state index in [1.807, 2.05) is 79.7 Å². The lowest BCUT2D eigenvalue weighted by molar-refractivity contribution is 0.104. The lowest BCUT2D eigenvalue weighted by atomic mass is 9.96. The van der Waals surface area contributed by atoms with Gasteiger partial charge in [0.15, 0.2) is 5.78 Å². The molecule has 0 aliphatic heterocycles. The van der Waals surface area contributed by atoms with Gasteiger partial charge in [0.05, 0.1) is 18.2 Å². The Kier molecular flexibility index (Phi) is 6.48. The highest BCUT2D eigenvalue weighted by atomic mass is 35.5. The Labute approximate surface area is 192 Å². The van der Waals surface area contributed by atoms with Crippen molar-refractivity contribution in [3.8, 4) is 5.75 Å². The van der Waals surface area contributed by atoms with E-state index in [1.165, 1.54) is 0 Å². The molecule has 0 N–H and O–H groups in total. The van der Waals surface area contributed by atoms with Crippen LogP contribution in [-0.4, -0.2) is 17.9 Å². The van der Waals surface area contributed by atoms with E-state index in [0.717, 1.165) is 33.3 Å². The highest BCUT2D eigenvalue weighted by Crippen LogP contribution is 2.27. The molecule has 0 bridgehead atoms. The summed E-state index contributed by atoms with van der Waals surface area (Å²) in [5, 5.41) is 1.60. The minimum absolute atomic E-state index is 0.0925. The molecule has 4 heteroatoms. The second kappa shape index (κ2) is 9.63. The quantitative estimate of drug-likeness (QED) is 0.234. The van der Waals surface area contributed by atoms with Gasteiger partial charge in [-0.15, -0.1) is 0 Å². The van der Waals surface area contributed by atoms with Gasteiger partial charge < -0.3 is 4.74 Å². The molecule has 4 aromatic rings. The molecule has 0 saturated carbocycles. The molecule has 0 aliphatic rings. The Hall–Kier alpha value is -3.69. The van der Waals surface area contributed by atoms with Crippen LogP contribution < -0.4 is 4.74 Å². The summed E-state index contributed by atoms with van der Waals surface area (Å²) in [5.41, 5.74) is 4.93. The highest BCUT2D eigenvalue weighted by molar-refractivity contribution is 6.30. The van der Waals surface area contributed by atoms with Gasteiger partial charge in [0.2, 0.25) is 0 Å². The first-order chi connectivity index (χ1) is 15.5. The smallest absolute Gasteiger partial charge is 0.188 e. The number of hydrogen-bond acceptors (Lipinski definition) is 3. The maximum Gasteiger partial charge on any atom is 0.188 e. The van der Waals surface area contributed by atoms with Crippen molar-refractivity contribution in [2.75, 3.05) is 7.11 Å². The Morgan fingerprint density at radius 3 is 2.25 bits per heavy atom. The first kappa shape index (κ1) is 21.5. The molecule has 1 aromatic heterocycles. The number of ketones is 1. The maximum absolute atomic E-state index is 13.3. The van der Waals surface area contributed by atoms with Crippen LogP contribution >= 0.6 is 11.6 Å². The maximum atomic E-state index is 13.3. The number of para-hydroxylation sites is 1. The largest absolute Gasteiger partial charge is 0.497 e. The third kappa shape index (κ3) is 4.79. The van der Waals surface area contributed by atoms with E-state index in [2.05, 4.69) is 4.98 Å². The minimum Gasteiger partial charge on any atom is -0.497 e. The predicted octanol–water partition coefficient (Wildman–Crippen LogP) is 7.27. The number of rotatable bonds is 6. The van der Waals surface area contributed by atoms with Crippen molar-refractivity contribution in [3.05, 3.63) is 112 Å². The first-order valence-corrected chi connectivity index (χ1v) is 10.6. The summed E-state index contributed by atoms with van der Waals surface area (Å²) >= 11 is 5.96. The molecule has 3 aromatic carbocycles. The van der Waals surface area contributed by atoms with Crippen LogP contribution in [0.1, 0.15) is 32.7 Å². The average Bonchev–Trinajstić information content (AvgIpc) is 2.82. The lowest BCUT2D eigenvalue weighted by Gasteiger charge is -2.11. The number of pyridine rings is 1. The van der Waals surface area contributed by atoms with Crippen molar-refractivity contribution in [3.63, 3.8) is 0 Å². The first-order valence-electron chi connectivity index (χ1n) is 10.2. The topological polar surface area (TPSA) is 39.2 Å². The summed E-state index contributed by atoms with van der Waals surface area (Å²) in [5.74, 6) is 0.709. The number of hydrogen-bond donors (Lipinski definition) is 0. The Bertz CT molecular complexity index is 1320. The SMILES string of the molecule is COc1ccc(/C=C/c2c(C(=O)/C=C/c3ccc(Cl)cc3)c(C)nc3ccccc23)cc1. The van der Waals surface area contributed by atoms with E-state index >= 15 is 0 Å². The fraction of sp³-hybridized carbons (Fsp3) is 0.0714. The van der Waals surface area contributed by atoms with Gasteiger partial charge in [-0.05, 0) is 60.0 Å². The summed E-state index contributed by atoms with van der Waals surface area (Å²) in [6, 6.07) is 23.0. The number of fused-ring (bicyclic) bond motifs is 1. The van der Waals surface area contributed by atoms with E-state index in [4.69, 9.17) is 16.3 Å². The van der Waals surface area contributed by atoms with Crippen LogP contribution in [0.5, 0.6) is 5.75 Å². The zero-order valence-corrected chi connectivity index (χ0v) is 18.6. The van der Waals surface area contributed by atoms with Crippen molar-refractivity contribution < 1.29 is 9.53 Å². The van der Waals surface area contributed by atoms with Crippen molar-refractivity contribution in [2.24, 2.45) is 0 Å². The Morgan fingerprint density at radius 1 is 0.875 bits per heavy atom. The number of carbonyl (C=O) groups excluding carboxylic acids is 1. The molecular formula is C28H22ClNO2. The van der Waals surface area contributed by atoms with Gasteiger partial charge >= 0.3 is 0 Å². The second-order valence-corrected chi connectivity index (χ2v) is 7.80. The van der Waals surface area contributed by atoms with Crippen LogP contribution in [0.15, 0.2) is 78.9 Å². The van der Waals surface area contributed by atoms with Gasteiger partial charge in [0.1, 0.15) is 5.75 Å². The van der Waals surface area contributed by atoms with Crippen LogP contribution in [0.4, 0.5) is 0 Å². The summed E-state index contributed by atoms with van der Waals surface area (Å²) in [6.07, 6.45) is 7.37. The van der Waals surface area contributed by atoms with Gasteiger partial charge in [0, 0.05) is 16.1 Å². The van der Waals surface area contributed by atoms with E-state index in [9.17, 15) is 4.79 Å². The van der Waals surface area contributed by atoms with Gasteiger partial charge in [-0.3, -0.25) is 9.78 Å². The number of methoxy groups -OCH3 is 1. The van der Waals surface area contributed by atoms with E-state index in [0.29, 0.717) is 16.3 Å².